The SMILES string of the molecule is COc1ccc(CSc2nc(C)co2)cc1C#CCCO. The molecule has 0 aliphatic carbocycles. The molecule has 5 heteroatoms. The molecule has 1 N–H and O–H groups in total. The second-order valence-corrected chi connectivity index (χ2v) is 5.28. The van der Waals surface area contributed by atoms with Crippen molar-refractivity contribution in [1.29, 1.82) is 0 Å². The van der Waals surface area contributed by atoms with Crippen LogP contribution in [0.15, 0.2) is 34.1 Å². The lowest BCUT2D eigenvalue weighted by Crippen LogP contribution is -1.91. The van der Waals surface area contributed by atoms with Crippen LogP contribution in [0.5, 0.6) is 5.75 Å². The first kappa shape index (κ1) is 15.5. The second-order valence-electron chi connectivity index (χ2n) is 4.35. The highest BCUT2D eigenvalue weighted by molar-refractivity contribution is 7.98. The summed E-state index contributed by atoms with van der Waals surface area (Å²) >= 11 is 1.54. The van der Waals surface area contributed by atoms with E-state index in [0.29, 0.717) is 11.6 Å². The number of benzene rings is 1. The quantitative estimate of drug-likeness (QED) is 0.679. The third-order valence-electron chi connectivity index (χ3n) is 2.68. The molecule has 0 spiro atoms. The van der Waals surface area contributed by atoms with Crippen LogP contribution in [-0.2, 0) is 5.75 Å². The number of aliphatic hydroxyl groups excluding tert-OH is 1. The number of hydrogen-bond acceptors (Lipinski definition) is 5. The fraction of sp³-hybridized carbons (Fsp3) is 0.312. The minimum absolute atomic E-state index is 0.0639. The molecule has 0 atom stereocenters. The van der Waals surface area contributed by atoms with Gasteiger partial charge < -0.3 is 14.3 Å². The Hall–Kier alpha value is -1.90. The van der Waals surface area contributed by atoms with Crippen molar-refractivity contribution in [3.05, 3.63) is 41.3 Å². The summed E-state index contributed by atoms with van der Waals surface area (Å²) in [6, 6.07) is 5.89. The Morgan fingerprint density at radius 3 is 2.95 bits per heavy atom. The molecule has 1 heterocycles. The standard InChI is InChI=1S/C16H17NO3S/c1-12-10-20-16(17-12)21-11-13-6-7-15(19-2)14(9-13)5-3-4-8-18/h6-7,9-10,18H,4,8,11H2,1-2H3. The van der Waals surface area contributed by atoms with E-state index in [0.717, 1.165) is 28.3 Å². The summed E-state index contributed by atoms with van der Waals surface area (Å²) in [5, 5.41) is 9.45. The second kappa shape index (κ2) is 7.77. The minimum Gasteiger partial charge on any atom is -0.495 e. The maximum absolute atomic E-state index is 8.78. The summed E-state index contributed by atoms with van der Waals surface area (Å²) in [5.74, 6) is 7.42. The van der Waals surface area contributed by atoms with Crippen LogP contribution >= 0.6 is 11.8 Å². The van der Waals surface area contributed by atoms with Gasteiger partial charge in [-0.2, -0.15) is 0 Å². The summed E-state index contributed by atoms with van der Waals surface area (Å²) in [6.45, 7) is 1.96. The molecule has 2 aromatic rings. The van der Waals surface area contributed by atoms with Gasteiger partial charge in [-0.1, -0.05) is 29.7 Å². The van der Waals surface area contributed by atoms with E-state index < -0.39 is 0 Å². The van der Waals surface area contributed by atoms with Crippen molar-refractivity contribution < 1.29 is 14.3 Å². The molecular weight excluding hydrogens is 286 g/mol. The molecule has 2 rings (SSSR count). The van der Waals surface area contributed by atoms with Crippen LogP contribution in [-0.4, -0.2) is 23.8 Å². The fourth-order valence-electron chi connectivity index (χ4n) is 1.70. The molecule has 1 aromatic carbocycles. The fourth-order valence-corrected chi connectivity index (χ4v) is 2.49. The largest absolute Gasteiger partial charge is 0.495 e. The Balaban J connectivity index is 2.10. The molecule has 0 saturated heterocycles. The van der Waals surface area contributed by atoms with E-state index in [-0.39, 0.29) is 6.61 Å². The van der Waals surface area contributed by atoms with E-state index in [9.17, 15) is 0 Å². The van der Waals surface area contributed by atoms with Gasteiger partial charge in [-0.15, -0.1) is 0 Å². The normalized spacial score (nSPS) is 10.0. The Labute approximate surface area is 128 Å². The first-order valence-electron chi connectivity index (χ1n) is 6.54. The highest BCUT2D eigenvalue weighted by atomic mass is 32.2. The predicted octanol–water partition coefficient (Wildman–Crippen LogP) is 3.02. The van der Waals surface area contributed by atoms with Crippen LogP contribution in [0.4, 0.5) is 0 Å². The van der Waals surface area contributed by atoms with E-state index in [1.165, 1.54) is 11.8 Å². The van der Waals surface area contributed by atoms with E-state index in [1.54, 1.807) is 13.4 Å². The van der Waals surface area contributed by atoms with Gasteiger partial charge in [0.2, 0.25) is 0 Å². The van der Waals surface area contributed by atoms with Crippen LogP contribution in [0.1, 0.15) is 23.2 Å². The number of ether oxygens (including phenoxy) is 1. The molecule has 0 aliphatic rings. The Bertz CT molecular complexity index is 655. The van der Waals surface area contributed by atoms with Crippen LogP contribution < -0.4 is 4.74 Å². The molecule has 1 aromatic heterocycles. The number of thioether (sulfide) groups is 1. The van der Waals surface area contributed by atoms with Gasteiger partial charge in [-0.25, -0.2) is 4.98 Å². The van der Waals surface area contributed by atoms with Crippen molar-refractivity contribution >= 4 is 11.8 Å². The van der Waals surface area contributed by atoms with Gasteiger partial charge in [-0.3, -0.25) is 0 Å². The number of aliphatic hydroxyl groups is 1. The third kappa shape index (κ3) is 4.55. The van der Waals surface area contributed by atoms with Crippen molar-refractivity contribution in [3.8, 4) is 17.6 Å². The number of aryl methyl sites for hydroxylation is 1. The van der Waals surface area contributed by atoms with Gasteiger partial charge in [0.15, 0.2) is 0 Å². The third-order valence-corrected chi connectivity index (χ3v) is 3.60. The summed E-state index contributed by atoms with van der Waals surface area (Å²) < 4.78 is 10.6. The Kier molecular flexibility index (Phi) is 5.73. The van der Waals surface area contributed by atoms with E-state index in [1.807, 2.05) is 25.1 Å². The van der Waals surface area contributed by atoms with Crippen molar-refractivity contribution in [2.24, 2.45) is 0 Å². The van der Waals surface area contributed by atoms with Crippen molar-refractivity contribution in [3.63, 3.8) is 0 Å². The monoisotopic (exact) mass is 303 g/mol. The molecule has 0 saturated carbocycles. The first-order chi connectivity index (χ1) is 10.2. The zero-order valence-electron chi connectivity index (χ0n) is 12.0. The zero-order chi connectivity index (χ0) is 15.1. The van der Waals surface area contributed by atoms with Gasteiger partial charge in [0.1, 0.15) is 12.0 Å². The number of nitrogens with zero attached hydrogens (tertiary/aromatic N) is 1. The maximum Gasteiger partial charge on any atom is 0.256 e. The van der Waals surface area contributed by atoms with Crippen LogP contribution in [0.3, 0.4) is 0 Å². The molecule has 0 amide bonds. The van der Waals surface area contributed by atoms with Crippen molar-refractivity contribution in [2.75, 3.05) is 13.7 Å². The summed E-state index contributed by atoms with van der Waals surface area (Å²) in [4.78, 5) is 4.26. The summed E-state index contributed by atoms with van der Waals surface area (Å²) in [7, 11) is 1.62. The maximum atomic E-state index is 8.78. The Morgan fingerprint density at radius 1 is 1.43 bits per heavy atom. The number of methoxy groups -OCH3 is 1. The van der Waals surface area contributed by atoms with Gasteiger partial charge >= 0.3 is 0 Å². The van der Waals surface area contributed by atoms with Crippen molar-refractivity contribution in [1.82, 2.24) is 4.98 Å². The first-order valence-corrected chi connectivity index (χ1v) is 7.53. The average molecular weight is 303 g/mol. The lowest BCUT2D eigenvalue weighted by molar-refractivity contribution is 0.305. The molecule has 0 bridgehead atoms. The molecule has 0 unspecified atom stereocenters. The molecule has 0 fully saturated rings. The lowest BCUT2D eigenvalue weighted by atomic mass is 10.1. The highest BCUT2D eigenvalue weighted by Gasteiger charge is 2.05. The summed E-state index contributed by atoms with van der Waals surface area (Å²) in [5.41, 5.74) is 2.82. The highest BCUT2D eigenvalue weighted by Crippen LogP contribution is 2.25. The number of hydrogen-bond donors (Lipinski definition) is 1. The van der Waals surface area contributed by atoms with Gasteiger partial charge in [-0.05, 0) is 24.6 Å². The van der Waals surface area contributed by atoms with Crippen LogP contribution in [0.25, 0.3) is 0 Å². The minimum atomic E-state index is 0.0639. The van der Waals surface area contributed by atoms with Crippen molar-refractivity contribution in [2.45, 2.75) is 24.3 Å². The zero-order valence-corrected chi connectivity index (χ0v) is 12.9. The average Bonchev–Trinajstić information content (AvgIpc) is 2.91. The molecule has 110 valence electrons. The molecule has 21 heavy (non-hydrogen) atoms. The van der Waals surface area contributed by atoms with Crippen LogP contribution in [0.2, 0.25) is 0 Å². The summed E-state index contributed by atoms with van der Waals surface area (Å²) in [6.07, 6.45) is 2.10. The van der Waals surface area contributed by atoms with Crippen LogP contribution in [0, 0.1) is 18.8 Å². The molecule has 0 aliphatic heterocycles. The van der Waals surface area contributed by atoms with E-state index >= 15 is 0 Å². The van der Waals surface area contributed by atoms with Gasteiger partial charge in [0.25, 0.3) is 5.22 Å². The predicted molar refractivity (Wildman–Crippen MR) is 82.4 cm³/mol. The number of aromatic nitrogens is 1. The molecule has 4 nitrogen and oxygen atoms in total. The smallest absolute Gasteiger partial charge is 0.256 e. The molecular formula is C16H17NO3S. The van der Waals surface area contributed by atoms with E-state index in [2.05, 4.69) is 16.8 Å². The number of oxazole rings is 1. The van der Waals surface area contributed by atoms with Gasteiger partial charge in [0, 0.05) is 12.2 Å². The van der Waals surface area contributed by atoms with Gasteiger partial charge in [0.05, 0.1) is 25.0 Å². The Morgan fingerprint density at radius 2 is 2.29 bits per heavy atom. The molecule has 0 radical (unpaired) electrons. The van der Waals surface area contributed by atoms with E-state index in [4.69, 9.17) is 14.3 Å². The lowest BCUT2D eigenvalue weighted by Gasteiger charge is -2.05. The number of rotatable bonds is 5. The topological polar surface area (TPSA) is 55.5 Å².